The highest BCUT2D eigenvalue weighted by atomic mass is 32.1. The molecule has 0 saturated carbocycles. The van der Waals surface area contributed by atoms with E-state index < -0.39 is 0 Å². The van der Waals surface area contributed by atoms with Gasteiger partial charge in [0, 0.05) is 38.8 Å². The van der Waals surface area contributed by atoms with Crippen LogP contribution in [-0.2, 0) is 17.6 Å². The highest BCUT2D eigenvalue weighted by Crippen LogP contribution is 2.23. The number of carbonyl (C=O) groups is 1. The van der Waals surface area contributed by atoms with Gasteiger partial charge in [-0.1, -0.05) is 41.7 Å². The topological polar surface area (TPSA) is 99.5 Å². The molecule has 2 aromatic heterocycles. The van der Waals surface area contributed by atoms with Gasteiger partial charge in [-0.15, -0.1) is 15.3 Å². The number of hydrogen-bond acceptors (Lipinski definition) is 9. The van der Waals surface area contributed by atoms with Crippen molar-refractivity contribution in [2.24, 2.45) is 5.10 Å². The summed E-state index contributed by atoms with van der Waals surface area (Å²) in [5.74, 6) is 0.343. The molecule has 0 aliphatic rings. The number of nitrogens with zero attached hydrogens (tertiary/aromatic N) is 7. The van der Waals surface area contributed by atoms with E-state index in [-0.39, 0.29) is 5.91 Å². The van der Waals surface area contributed by atoms with Crippen LogP contribution >= 0.6 is 11.3 Å². The van der Waals surface area contributed by atoms with Crippen LogP contribution in [0.3, 0.4) is 0 Å². The van der Waals surface area contributed by atoms with E-state index in [1.807, 2.05) is 56.9 Å². The molecule has 2 rings (SSSR count). The lowest BCUT2D eigenvalue weighted by Gasteiger charge is -2.21. The molecule has 0 saturated heterocycles. The van der Waals surface area contributed by atoms with E-state index in [4.69, 9.17) is 0 Å². The molecule has 2 aromatic rings. The van der Waals surface area contributed by atoms with E-state index in [0.29, 0.717) is 18.8 Å². The van der Waals surface area contributed by atoms with Crippen LogP contribution in [0.2, 0.25) is 0 Å². The molecule has 2 heterocycles. The number of anilines is 2. The Morgan fingerprint density at radius 1 is 1.11 bits per heavy atom. The largest absolute Gasteiger partial charge is 0.322 e. The van der Waals surface area contributed by atoms with E-state index in [1.54, 1.807) is 23.6 Å². The molecule has 0 aliphatic carbocycles. The average Bonchev–Trinajstić information content (AvgIpc) is 3.25. The van der Waals surface area contributed by atoms with Gasteiger partial charge in [0.1, 0.15) is 5.01 Å². The van der Waals surface area contributed by atoms with E-state index in [0.717, 1.165) is 58.4 Å². The third-order valence-electron chi connectivity index (χ3n) is 4.93. The van der Waals surface area contributed by atoms with Crippen molar-refractivity contribution in [2.75, 3.05) is 30.9 Å². The number of aromatic nitrogens is 4. The summed E-state index contributed by atoms with van der Waals surface area (Å²) in [7, 11) is 3.85. The SMILES string of the molecule is C=C(C)/C=C(\C)CC(=O)Nc1ccc(CCCCc2nnc(N(C)C(=C)CN(C)/N=C\C)s2)nn1. The smallest absolute Gasteiger partial charge is 0.229 e. The van der Waals surface area contributed by atoms with Crippen LogP contribution in [-0.4, -0.2) is 58.2 Å². The lowest BCUT2D eigenvalue weighted by Crippen LogP contribution is -2.25. The van der Waals surface area contributed by atoms with E-state index in [2.05, 4.69) is 44.0 Å². The third-order valence-corrected chi connectivity index (χ3v) is 5.99. The molecule has 188 valence electrons. The van der Waals surface area contributed by atoms with Crippen molar-refractivity contribution in [1.82, 2.24) is 25.4 Å². The molecule has 35 heavy (non-hydrogen) atoms. The molecule has 0 fully saturated rings. The van der Waals surface area contributed by atoms with Gasteiger partial charge in [0.05, 0.1) is 12.2 Å². The predicted octanol–water partition coefficient (Wildman–Crippen LogP) is 4.63. The van der Waals surface area contributed by atoms with Crippen molar-refractivity contribution in [3.8, 4) is 0 Å². The average molecular weight is 497 g/mol. The molecule has 0 aromatic carbocycles. The van der Waals surface area contributed by atoms with Gasteiger partial charge in [-0.25, -0.2) is 0 Å². The molecule has 0 bridgehead atoms. The van der Waals surface area contributed by atoms with Crippen LogP contribution in [0, 0.1) is 0 Å². The number of carbonyl (C=O) groups excluding carboxylic acids is 1. The van der Waals surface area contributed by atoms with Crippen LogP contribution in [0.25, 0.3) is 0 Å². The first kappa shape index (κ1) is 27.8. The van der Waals surface area contributed by atoms with Gasteiger partial charge in [-0.05, 0) is 52.2 Å². The molecular formula is C25H36N8OS. The van der Waals surface area contributed by atoms with Gasteiger partial charge in [-0.3, -0.25) is 9.80 Å². The zero-order chi connectivity index (χ0) is 25.8. The molecule has 0 unspecified atom stereocenters. The summed E-state index contributed by atoms with van der Waals surface area (Å²) >= 11 is 1.58. The lowest BCUT2D eigenvalue weighted by atomic mass is 10.1. The maximum Gasteiger partial charge on any atom is 0.229 e. The van der Waals surface area contributed by atoms with Crippen molar-refractivity contribution in [3.05, 3.63) is 58.9 Å². The fourth-order valence-electron chi connectivity index (χ4n) is 3.28. The molecule has 10 heteroatoms. The lowest BCUT2D eigenvalue weighted by molar-refractivity contribution is -0.115. The first-order chi connectivity index (χ1) is 16.7. The van der Waals surface area contributed by atoms with Gasteiger partial charge in [0.15, 0.2) is 5.82 Å². The zero-order valence-corrected chi connectivity index (χ0v) is 22.2. The number of hydrazone groups is 1. The number of nitrogens with one attached hydrogen (secondary N) is 1. The van der Waals surface area contributed by atoms with Crippen molar-refractivity contribution in [2.45, 2.75) is 52.9 Å². The normalized spacial score (nSPS) is 11.5. The van der Waals surface area contributed by atoms with Gasteiger partial charge < -0.3 is 10.2 Å². The summed E-state index contributed by atoms with van der Waals surface area (Å²) < 4.78 is 0. The maximum atomic E-state index is 12.1. The second kappa shape index (κ2) is 14.1. The second-order valence-electron chi connectivity index (χ2n) is 8.47. The summed E-state index contributed by atoms with van der Waals surface area (Å²) in [5, 5.41) is 27.6. The molecule has 0 atom stereocenters. The highest BCUT2D eigenvalue weighted by Gasteiger charge is 2.13. The fourth-order valence-corrected chi connectivity index (χ4v) is 4.17. The molecule has 9 nitrogen and oxygen atoms in total. The molecule has 0 radical (unpaired) electrons. The standard InChI is InChI=1S/C25H36N8OS/c1-8-26-32(6)17-20(5)33(7)25-31-30-24(35-25)12-10-9-11-21-13-14-22(29-28-21)27-23(34)16-19(4)15-18(2)3/h8,13-15H,2,5,9-12,16-17H2,1,3-4,6-7H3,(H,27,29,34)/b19-15+,26-8-. The minimum absolute atomic E-state index is 0.116. The Morgan fingerprint density at radius 3 is 2.51 bits per heavy atom. The minimum atomic E-state index is -0.116. The van der Waals surface area contributed by atoms with Gasteiger partial charge in [0.25, 0.3) is 0 Å². The first-order valence-corrected chi connectivity index (χ1v) is 12.4. The number of allylic oxidation sites excluding steroid dienone is 2. The summed E-state index contributed by atoms with van der Waals surface area (Å²) in [5.41, 5.74) is 3.67. The molecule has 1 N–H and O–H groups in total. The molecule has 1 amide bonds. The highest BCUT2D eigenvalue weighted by molar-refractivity contribution is 7.15. The maximum absolute atomic E-state index is 12.1. The third kappa shape index (κ3) is 10.2. The number of unbranched alkanes of at least 4 members (excludes halogenated alkanes) is 1. The Morgan fingerprint density at radius 2 is 1.86 bits per heavy atom. The quantitative estimate of drug-likeness (QED) is 0.176. The Labute approximate surface area is 212 Å². The van der Waals surface area contributed by atoms with Gasteiger partial charge >= 0.3 is 0 Å². The van der Waals surface area contributed by atoms with Crippen LogP contribution in [0.4, 0.5) is 10.9 Å². The summed E-state index contributed by atoms with van der Waals surface area (Å²) in [4.78, 5) is 14.1. The number of aryl methyl sites for hydroxylation is 2. The number of likely N-dealkylation sites (N-methyl/N-ethyl adjacent to an activating group) is 2. The summed E-state index contributed by atoms with van der Waals surface area (Å²) in [6, 6.07) is 3.70. The Bertz CT molecular complexity index is 1060. The van der Waals surface area contributed by atoms with Crippen molar-refractivity contribution < 1.29 is 4.79 Å². The van der Waals surface area contributed by atoms with Crippen molar-refractivity contribution in [3.63, 3.8) is 0 Å². The monoisotopic (exact) mass is 496 g/mol. The van der Waals surface area contributed by atoms with E-state index in [9.17, 15) is 4.79 Å². The Kier molecular flexibility index (Phi) is 11.2. The van der Waals surface area contributed by atoms with Gasteiger partial charge in [0.2, 0.25) is 11.0 Å². The van der Waals surface area contributed by atoms with E-state index >= 15 is 0 Å². The number of amides is 1. The second-order valence-corrected chi connectivity index (χ2v) is 9.51. The first-order valence-electron chi connectivity index (χ1n) is 11.6. The zero-order valence-electron chi connectivity index (χ0n) is 21.4. The van der Waals surface area contributed by atoms with Crippen LogP contribution in [0.1, 0.15) is 50.7 Å². The van der Waals surface area contributed by atoms with Crippen LogP contribution in [0.5, 0.6) is 0 Å². The molecule has 0 aliphatic heterocycles. The summed E-state index contributed by atoms with van der Waals surface area (Å²) in [6.45, 7) is 14.3. The molecule has 0 spiro atoms. The Balaban J connectivity index is 1.74. The Hall–Kier alpha value is -3.40. The van der Waals surface area contributed by atoms with Crippen molar-refractivity contribution >= 4 is 34.4 Å². The summed E-state index contributed by atoms with van der Waals surface area (Å²) in [6.07, 6.45) is 7.56. The predicted molar refractivity (Wildman–Crippen MR) is 145 cm³/mol. The minimum Gasteiger partial charge on any atom is -0.322 e. The van der Waals surface area contributed by atoms with Crippen LogP contribution in [0.15, 0.2) is 53.3 Å². The van der Waals surface area contributed by atoms with Gasteiger partial charge in [-0.2, -0.15) is 10.2 Å². The number of rotatable bonds is 14. The fraction of sp³-hybridized carbons (Fsp3) is 0.440. The van der Waals surface area contributed by atoms with Crippen molar-refractivity contribution in [1.29, 1.82) is 0 Å². The molecular weight excluding hydrogens is 460 g/mol. The van der Waals surface area contributed by atoms with E-state index in [1.165, 1.54) is 0 Å². The number of hydrogen-bond donors (Lipinski definition) is 1. The van der Waals surface area contributed by atoms with Crippen LogP contribution < -0.4 is 10.2 Å².